The van der Waals surface area contributed by atoms with E-state index in [2.05, 4.69) is 46.2 Å². The number of thiophene rings is 1. The van der Waals surface area contributed by atoms with Crippen molar-refractivity contribution >= 4 is 29.6 Å². The van der Waals surface area contributed by atoms with Gasteiger partial charge in [-0.1, -0.05) is 11.8 Å². The number of fused-ring (bicyclic) bond motifs is 4. The topological polar surface area (TPSA) is 53.4 Å². The first-order valence-electron chi connectivity index (χ1n) is 10.2. The highest BCUT2D eigenvalue weighted by Crippen LogP contribution is 2.37. The highest BCUT2D eigenvalue weighted by molar-refractivity contribution is 7.10. The van der Waals surface area contributed by atoms with Gasteiger partial charge in [-0.25, -0.2) is 4.79 Å². The monoisotopic (exact) mass is 407 g/mol. The van der Waals surface area contributed by atoms with E-state index in [0.717, 1.165) is 35.5 Å². The Morgan fingerprint density at radius 2 is 2.28 bits per heavy atom. The normalized spacial score (nSPS) is 27.3. The van der Waals surface area contributed by atoms with Crippen LogP contribution in [-0.4, -0.2) is 50.9 Å². The average Bonchev–Trinajstić information content (AvgIpc) is 3.37. The number of nitrogens with zero attached hydrogens (tertiary/aromatic N) is 4. The van der Waals surface area contributed by atoms with Gasteiger partial charge in [-0.15, -0.1) is 11.3 Å². The second-order valence-electron chi connectivity index (χ2n) is 8.26. The van der Waals surface area contributed by atoms with Crippen LogP contribution in [-0.2, 0) is 6.54 Å². The van der Waals surface area contributed by atoms with E-state index in [0.29, 0.717) is 13.1 Å². The Labute approximate surface area is 174 Å². The molecule has 2 bridgehead atoms. The Bertz CT molecular complexity index is 1080. The number of urea groups is 1. The van der Waals surface area contributed by atoms with Crippen LogP contribution < -0.4 is 15.1 Å². The fraction of sp³-hybridized carbons (Fsp3) is 0.455. The average molecular weight is 408 g/mol. The quantitative estimate of drug-likeness (QED) is 0.765. The van der Waals surface area contributed by atoms with E-state index < -0.39 is 0 Å². The molecule has 6 nitrogen and oxygen atoms in total. The Morgan fingerprint density at radius 3 is 3.00 bits per heavy atom. The standard InChI is InChI=1S/C22H25N5OS/c1-22(15-17-5-12-26(22)13-6-17)24-21(28)25-11-7-20-18(16-25)14-19(29-20)4-2-9-27-10-3-8-23-27/h3,7-8,10,14,16-17H,5-6,9,11-13,15H2,1H3,(H,24,28)/t22-/m0/s1. The van der Waals surface area contributed by atoms with Crippen LogP contribution in [0.25, 0.3) is 12.3 Å². The second kappa shape index (κ2) is 7.36. The van der Waals surface area contributed by atoms with E-state index in [9.17, 15) is 4.79 Å². The zero-order valence-corrected chi connectivity index (χ0v) is 17.4. The predicted molar refractivity (Wildman–Crippen MR) is 114 cm³/mol. The third-order valence-corrected chi connectivity index (χ3v) is 7.27. The van der Waals surface area contributed by atoms with Crippen molar-refractivity contribution in [2.75, 3.05) is 19.6 Å². The van der Waals surface area contributed by atoms with Crippen LogP contribution in [0.2, 0.25) is 0 Å². The van der Waals surface area contributed by atoms with Crippen LogP contribution in [0.5, 0.6) is 0 Å². The number of piperidine rings is 3. The summed E-state index contributed by atoms with van der Waals surface area (Å²) in [6.07, 6.45) is 11.3. The van der Waals surface area contributed by atoms with Gasteiger partial charge in [0.2, 0.25) is 0 Å². The summed E-state index contributed by atoms with van der Waals surface area (Å²) >= 11 is 1.67. The minimum Gasteiger partial charge on any atom is -0.320 e. The van der Waals surface area contributed by atoms with Crippen molar-refractivity contribution in [3.05, 3.63) is 39.2 Å². The molecule has 0 radical (unpaired) electrons. The lowest BCUT2D eigenvalue weighted by Crippen LogP contribution is -2.66. The fourth-order valence-electron chi connectivity index (χ4n) is 4.64. The van der Waals surface area contributed by atoms with Crippen LogP contribution >= 0.6 is 11.3 Å². The first-order valence-corrected chi connectivity index (χ1v) is 11.0. The third kappa shape index (κ3) is 3.70. The lowest BCUT2D eigenvalue weighted by Gasteiger charge is -2.53. The Kier molecular flexibility index (Phi) is 4.69. The van der Waals surface area contributed by atoms with E-state index in [1.165, 1.54) is 17.4 Å². The molecule has 7 heteroatoms. The molecular formula is C22H25N5OS. The minimum atomic E-state index is -0.218. The summed E-state index contributed by atoms with van der Waals surface area (Å²) in [4.78, 5) is 18.2. The highest BCUT2D eigenvalue weighted by atomic mass is 32.1. The van der Waals surface area contributed by atoms with Gasteiger partial charge in [0.05, 0.1) is 10.5 Å². The van der Waals surface area contributed by atoms with Gasteiger partial charge in [-0.3, -0.25) is 14.5 Å². The molecule has 1 atom stereocenters. The summed E-state index contributed by atoms with van der Waals surface area (Å²) in [7, 11) is 0. The Hall–Kier alpha value is -2.56. The van der Waals surface area contributed by atoms with Crippen molar-refractivity contribution in [1.82, 2.24) is 24.9 Å². The maximum absolute atomic E-state index is 13.0. The number of carbonyl (C=O) groups is 1. The zero-order chi connectivity index (χ0) is 19.8. The molecule has 2 amide bonds. The molecule has 0 saturated carbocycles. The summed E-state index contributed by atoms with van der Waals surface area (Å²) in [6, 6.07) is 3.95. The number of amides is 2. The zero-order valence-electron chi connectivity index (χ0n) is 16.6. The summed E-state index contributed by atoms with van der Waals surface area (Å²) in [5, 5.41) is 8.54. The molecule has 2 aromatic rings. The predicted octanol–water partition coefficient (Wildman–Crippen LogP) is 1.37. The minimum absolute atomic E-state index is 0.0144. The number of carbonyl (C=O) groups excluding carboxylic acids is 1. The molecule has 4 aliphatic heterocycles. The molecule has 2 aromatic heterocycles. The number of rotatable bonds is 2. The van der Waals surface area contributed by atoms with E-state index in [1.807, 2.05) is 18.5 Å². The number of hydrogen-bond donors (Lipinski definition) is 1. The summed E-state index contributed by atoms with van der Waals surface area (Å²) in [5.74, 6) is 7.12. The number of nitrogens with one attached hydrogen (secondary N) is 1. The smallest absolute Gasteiger partial charge is 0.320 e. The molecule has 29 heavy (non-hydrogen) atoms. The van der Waals surface area contributed by atoms with Gasteiger partial charge in [0.25, 0.3) is 0 Å². The van der Waals surface area contributed by atoms with Gasteiger partial charge < -0.3 is 5.32 Å². The van der Waals surface area contributed by atoms with Crippen molar-refractivity contribution in [3.8, 4) is 11.8 Å². The van der Waals surface area contributed by atoms with E-state index in [4.69, 9.17) is 0 Å². The molecule has 4 aliphatic rings. The van der Waals surface area contributed by atoms with Gasteiger partial charge in [-0.05, 0) is 50.3 Å². The van der Waals surface area contributed by atoms with Crippen LogP contribution in [0.3, 0.4) is 0 Å². The van der Waals surface area contributed by atoms with Crippen LogP contribution in [0, 0.1) is 17.8 Å². The van der Waals surface area contributed by atoms with Gasteiger partial charge in [0.1, 0.15) is 6.54 Å². The van der Waals surface area contributed by atoms with Crippen LogP contribution in [0.1, 0.15) is 31.1 Å². The molecule has 1 N–H and O–H groups in total. The molecule has 6 heterocycles. The molecule has 3 fully saturated rings. The van der Waals surface area contributed by atoms with Crippen molar-refractivity contribution in [2.24, 2.45) is 5.92 Å². The maximum atomic E-state index is 13.0. The van der Waals surface area contributed by atoms with E-state index in [-0.39, 0.29) is 11.7 Å². The molecule has 6 rings (SSSR count). The van der Waals surface area contributed by atoms with Crippen molar-refractivity contribution < 1.29 is 4.79 Å². The van der Waals surface area contributed by atoms with E-state index in [1.54, 1.807) is 27.1 Å². The van der Waals surface area contributed by atoms with Crippen LogP contribution in [0.15, 0.2) is 24.5 Å². The molecular weight excluding hydrogens is 382 g/mol. The van der Waals surface area contributed by atoms with E-state index >= 15 is 0 Å². The van der Waals surface area contributed by atoms with Gasteiger partial charge in [-0.2, -0.15) is 5.10 Å². The maximum Gasteiger partial charge on any atom is 0.323 e. The largest absolute Gasteiger partial charge is 0.323 e. The van der Waals surface area contributed by atoms with Gasteiger partial charge >= 0.3 is 6.03 Å². The first kappa shape index (κ1) is 18.5. The van der Waals surface area contributed by atoms with Crippen LogP contribution in [0.4, 0.5) is 4.79 Å². The van der Waals surface area contributed by atoms with Crippen molar-refractivity contribution in [1.29, 1.82) is 0 Å². The fourth-order valence-corrected chi connectivity index (χ4v) is 5.57. The summed E-state index contributed by atoms with van der Waals surface area (Å²) in [6.45, 7) is 5.53. The first-order chi connectivity index (χ1) is 14.1. The second-order valence-corrected chi connectivity index (χ2v) is 9.34. The number of aromatic nitrogens is 2. The lowest BCUT2D eigenvalue weighted by molar-refractivity contribution is -0.0328. The molecule has 0 unspecified atom stereocenters. The molecule has 3 saturated heterocycles. The van der Waals surface area contributed by atoms with Crippen molar-refractivity contribution in [2.45, 2.75) is 38.4 Å². The molecule has 0 aromatic carbocycles. The summed E-state index contributed by atoms with van der Waals surface area (Å²) in [5.41, 5.74) is -0.218. The lowest BCUT2D eigenvalue weighted by atomic mass is 9.80. The Balaban J connectivity index is 1.29. The molecule has 0 spiro atoms. The highest BCUT2D eigenvalue weighted by Gasteiger charge is 2.43. The number of hydrogen-bond acceptors (Lipinski definition) is 4. The van der Waals surface area contributed by atoms with Gasteiger partial charge in [0.15, 0.2) is 0 Å². The summed E-state index contributed by atoms with van der Waals surface area (Å²) < 4.78 is 2.99. The Morgan fingerprint density at radius 1 is 1.41 bits per heavy atom. The molecule has 150 valence electrons. The third-order valence-electron chi connectivity index (χ3n) is 6.21. The van der Waals surface area contributed by atoms with Crippen molar-refractivity contribution in [3.63, 3.8) is 0 Å². The van der Waals surface area contributed by atoms with Gasteiger partial charge in [0, 0.05) is 48.0 Å². The SMILES string of the molecule is C[C@@]1(NC(=O)N2C=c3cc(C#CCn4cccn4)sc3=CC2)CC2CCN1CC2. The molecule has 0 aliphatic carbocycles.